The molecule has 0 amide bonds. The van der Waals surface area contributed by atoms with Gasteiger partial charge in [0, 0.05) is 18.7 Å². The summed E-state index contributed by atoms with van der Waals surface area (Å²) < 4.78 is 32.9. The third-order valence-electron chi connectivity index (χ3n) is 3.39. The van der Waals surface area contributed by atoms with Crippen LogP contribution in [-0.4, -0.2) is 49.1 Å². The molecule has 0 bridgehead atoms. The van der Waals surface area contributed by atoms with E-state index in [-0.39, 0.29) is 11.9 Å². The highest BCUT2D eigenvalue weighted by Gasteiger charge is 2.31. The van der Waals surface area contributed by atoms with Gasteiger partial charge in [-0.2, -0.15) is 17.8 Å². The van der Waals surface area contributed by atoms with Gasteiger partial charge in [0.05, 0.1) is 19.2 Å². The van der Waals surface area contributed by atoms with Crippen molar-refractivity contribution in [1.29, 1.82) is 0 Å². The van der Waals surface area contributed by atoms with Gasteiger partial charge in [0.1, 0.15) is 5.82 Å². The Bertz CT molecular complexity index is 575. The zero-order valence-corrected chi connectivity index (χ0v) is 12.2. The first-order valence-corrected chi connectivity index (χ1v) is 7.73. The number of aryl methyl sites for hydroxylation is 1. The fourth-order valence-electron chi connectivity index (χ4n) is 2.14. The van der Waals surface area contributed by atoms with Crippen LogP contribution in [0.25, 0.3) is 0 Å². The van der Waals surface area contributed by atoms with Crippen LogP contribution < -0.4 is 4.72 Å². The molecular weight excluding hydrogens is 284 g/mol. The van der Waals surface area contributed by atoms with Gasteiger partial charge in [-0.05, 0) is 19.8 Å². The summed E-state index contributed by atoms with van der Waals surface area (Å²) in [4.78, 5) is 11.4. The van der Waals surface area contributed by atoms with Crippen molar-refractivity contribution in [2.75, 3.05) is 24.9 Å². The van der Waals surface area contributed by atoms with E-state index in [0.717, 1.165) is 5.56 Å². The number of aromatic amines is 1. The Labute approximate surface area is 117 Å². The molecule has 2 heterocycles. The molecule has 20 heavy (non-hydrogen) atoms. The quantitative estimate of drug-likeness (QED) is 0.776. The smallest absolute Gasteiger partial charge is 0.308 e. The van der Waals surface area contributed by atoms with Gasteiger partial charge in [-0.1, -0.05) is 0 Å². The van der Waals surface area contributed by atoms with Crippen LogP contribution in [0.4, 0.5) is 5.82 Å². The predicted molar refractivity (Wildman–Crippen MR) is 72.2 cm³/mol. The van der Waals surface area contributed by atoms with Gasteiger partial charge in [0.25, 0.3) is 0 Å². The minimum atomic E-state index is -3.62. The molecule has 0 radical (unpaired) electrons. The first-order valence-electron chi connectivity index (χ1n) is 6.29. The Balaban J connectivity index is 1.99. The largest absolute Gasteiger partial charge is 0.469 e. The maximum atomic E-state index is 12.2. The van der Waals surface area contributed by atoms with Crippen LogP contribution in [0.1, 0.15) is 18.4 Å². The topological polar surface area (TPSA) is 104 Å². The zero-order valence-electron chi connectivity index (χ0n) is 11.4. The number of anilines is 1. The van der Waals surface area contributed by atoms with E-state index in [1.807, 2.05) is 0 Å². The number of H-pyrrole nitrogens is 1. The third-order valence-corrected chi connectivity index (χ3v) is 4.90. The average molecular weight is 302 g/mol. The molecule has 0 saturated carbocycles. The number of esters is 1. The van der Waals surface area contributed by atoms with E-state index >= 15 is 0 Å². The highest BCUT2D eigenvalue weighted by molar-refractivity contribution is 7.90. The lowest BCUT2D eigenvalue weighted by molar-refractivity contribution is -0.146. The second kappa shape index (κ2) is 5.80. The number of nitrogens with one attached hydrogen (secondary N) is 2. The second-order valence-electron chi connectivity index (χ2n) is 4.73. The summed E-state index contributed by atoms with van der Waals surface area (Å²) in [6.45, 7) is 2.34. The van der Waals surface area contributed by atoms with Crippen LogP contribution in [0.5, 0.6) is 0 Å². The van der Waals surface area contributed by atoms with Crippen LogP contribution >= 0.6 is 0 Å². The van der Waals surface area contributed by atoms with Crippen LogP contribution in [0.3, 0.4) is 0 Å². The van der Waals surface area contributed by atoms with Crippen molar-refractivity contribution in [3.63, 3.8) is 0 Å². The van der Waals surface area contributed by atoms with Crippen molar-refractivity contribution < 1.29 is 17.9 Å². The third kappa shape index (κ3) is 3.10. The molecule has 1 aromatic rings. The normalized spacial score (nSPS) is 17.9. The van der Waals surface area contributed by atoms with Crippen LogP contribution in [0.2, 0.25) is 0 Å². The van der Waals surface area contributed by atoms with Crippen molar-refractivity contribution >= 4 is 22.0 Å². The van der Waals surface area contributed by atoms with Gasteiger partial charge in [-0.3, -0.25) is 14.6 Å². The predicted octanol–water partition coefficient (Wildman–Crippen LogP) is 0.260. The summed E-state index contributed by atoms with van der Waals surface area (Å²) in [5, 5.41) is 6.36. The summed E-state index contributed by atoms with van der Waals surface area (Å²) in [5.74, 6) is -0.139. The molecule has 8 nitrogen and oxygen atoms in total. The molecule has 1 aliphatic rings. The van der Waals surface area contributed by atoms with E-state index in [9.17, 15) is 13.2 Å². The monoisotopic (exact) mass is 302 g/mol. The molecule has 1 aromatic heterocycles. The van der Waals surface area contributed by atoms with Gasteiger partial charge in [-0.15, -0.1) is 0 Å². The number of methoxy groups -OCH3 is 1. The summed E-state index contributed by atoms with van der Waals surface area (Å²) in [7, 11) is -2.28. The van der Waals surface area contributed by atoms with Gasteiger partial charge in [-0.25, -0.2) is 0 Å². The molecule has 1 fully saturated rings. The number of nitrogens with zero attached hydrogens (tertiary/aromatic N) is 2. The number of ether oxygens (including phenoxy) is 1. The Morgan fingerprint density at radius 3 is 2.65 bits per heavy atom. The van der Waals surface area contributed by atoms with Gasteiger partial charge >= 0.3 is 16.2 Å². The Morgan fingerprint density at radius 2 is 2.15 bits per heavy atom. The van der Waals surface area contributed by atoms with E-state index in [0.29, 0.717) is 31.7 Å². The number of piperidine rings is 1. The van der Waals surface area contributed by atoms with Crippen molar-refractivity contribution in [3.05, 3.63) is 11.8 Å². The molecule has 9 heteroatoms. The summed E-state index contributed by atoms with van der Waals surface area (Å²) >= 11 is 0. The Kier molecular flexibility index (Phi) is 4.29. The first kappa shape index (κ1) is 14.8. The van der Waals surface area contributed by atoms with Gasteiger partial charge in [0.15, 0.2) is 0 Å². The molecule has 0 aromatic carbocycles. The summed E-state index contributed by atoms with van der Waals surface area (Å²) in [5.41, 5.74) is 0.720. The highest BCUT2D eigenvalue weighted by Crippen LogP contribution is 2.22. The molecule has 2 rings (SSSR count). The van der Waals surface area contributed by atoms with E-state index < -0.39 is 10.2 Å². The first-order chi connectivity index (χ1) is 9.44. The molecule has 0 spiro atoms. The van der Waals surface area contributed by atoms with Gasteiger partial charge < -0.3 is 4.74 Å². The van der Waals surface area contributed by atoms with Crippen molar-refractivity contribution in [3.8, 4) is 0 Å². The fraction of sp³-hybridized carbons (Fsp3) is 0.636. The minimum absolute atomic E-state index is 0.222. The number of carbonyl (C=O) groups is 1. The zero-order chi connectivity index (χ0) is 14.8. The molecule has 0 unspecified atom stereocenters. The standard InChI is InChI=1S/C11H18N4O4S/c1-8-7-12-13-10(8)14-20(17,18)15-5-3-9(4-6-15)11(16)19-2/h7,9H,3-6H2,1-2H3,(H2,12,13,14). The van der Waals surface area contributed by atoms with Crippen molar-refractivity contribution in [2.24, 2.45) is 5.92 Å². The van der Waals surface area contributed by atoms with E-state index in [4.69, 9.17) is 0 Å². The lowest BCUT2D eigenvalue weighted by atomic mass is 9.99. The van der Waals surface area contributed by atoms with Crippen molar-refractivity contribution in [1.82, 2.24) is 14.5 Å². The van der Waals surface area contributed by atoms with Crippen LogP contribution in [-0.2, 0) is 19.7 Å². The average Bonchev–Trinajstić information content (AvgIpc) is 2.83. The Morgan fingerprint density at radius 1 is 1.50 bits per heavy atom. The molecule has 0 atom stereocenters. The number of hydrogen-bond donors (Lipinski definition) is 2. The maximum Gasteiger partial charge on any atom is 0.308 e. The maximum absolute atomic E-state index is 12.2. The number of aromatic nitrogens is 2. The summed E-state index contributed by atoms with van der Waals surface area (Å²) in [6.07, 6.45) is 2.48. The molecule has 1 saturated heterocycles. The lowest BCUT2D eigenvalue weighted by Crippen LogP contribution is -2.43. The van der Waals surface area contributed by atoms with E-state index in [1.165, 1.54) is 11.4 Å². The molecule has 112 valence electrons. The SMILES string of the molecule is COC(=O)C1CCN(S(=O)(=O)Nc2[nH]ncc2C)CC1. The molecule has 2 N–H and O–H groups in total. The molecule has 1 aliphatic heterocycles. The second-order valence-corrected chi connectivity index (χ2v) is 6.40. The Hall–Kier alpha value is -1.61. The van der Waals surface area contributed by atoms with Gasteiger partial charge in [0.2, 0.25) is 0 Å². The van der Waals surface area contributed by atoms with Crippen LogP contribution in [0.15, 0.2) is 6.20 Å². The number of hydrogen-bond acceptors (Lipinski definition) is 5. The molecular formula is C11H18N4O4S. The van der Waals surface area contributed by atoms with Crippen molar-refractivity contribution in [2.45, 2.75) is 19.8 Å². The number of rotatable bonds is 4. The van der Waals surface area contributed by atoms with Crippen LogP contribution in [0, 0.1) is 12.8 Å². The minimum Gasteiger partial charge on any atom is -0.469 e. The number of carbonyl (C=O) groups excluding carboxylic acids is 1. The highest BCUT2D eigenvalue weighted by atomic mass is 32.2. The van der Waals surface area contributed by atoms with E-state index in [1.54, 1.807) is 13.1 Å². The van der Waals surface area contributed by atoms with E-state index in [2.05, 4.69) is 19.7 Å². The summed E-state index contributed by atoms with van der Waals surface area (Å²) in [6, 6.07) is 0. The fourth-order valence-corrected chi connectivity index (χ4v) is 3.43. The lowest BCUT2D eigenvalue weighted by Gasteiger charge is -2.29. The molecule has 0 aliphatic carbocycles.